The Labute approximate surface area is 189 Å². The summed E-state index contributed by atoms with van der Waals surface area (Å²) < 4.78 is 53.8. The summed E-state index contributed by atoms with van der Waals surface area (Å²) in [6.07, 6.45) is 3.33. The quantitative estimate of drug-likeness (QED) is 0.588. The Morgan fingerprint density at radius 2 is 1.76 bits per heavy atom. The number of hydrogen-bond acceptors (Lipinski definition) is 6. The van der Waals surface area contributed by atoms with E-state index in [9.17, 15) is 27.1 Å². The SMILES string of the molecule is O=C(Nc1cnc(-c2cccc(O)c2)nc1)C1CCN(S(=O)(=O)c2cc(F)ccc2F)CC1. The van der Waals surface area contributed by atoms with Crippen LogP contribution in [0.3, 0.4) is 0 Å². The van der Waals surface area contributed by atoms with E-state index >= 15 is 0 Å². The van der Waals surface area contributed by atoms with Gasteiger partial charge in [0.1, 0.15) is 22.3 Å². The lowest BCUT2D eigenvalue weighted by molar-refractivity contribution is -0.120. The van der Waals surface area contributed by atoms with Gasteiger partial charge in [0.25, 0.3) is 0 Å². The minimum atomic E-state index is -4.21. The highest BCUT2D eigenvalue weighted by atomic mass is 32.2. The van der Waals surface area contributed by atoms with Gasteiger partial charge < -0.3 is 10.4 Å². The molecule has 2 aromatic carbocycles. The number of carbonyl (C=O) groups excluding carboxylic acids is 1. The van der Waals surface area contributed by atoms with Crippen LogP contribution < -0.4 is 5.32 Å². The van der Waals surface area contributed by atoms with Crippen LogP contribution in [0.1, 0.15) is 12.8 Å². The van der Waals surface area contributed by atoms with Gasteiger partial charge in [0.15, 0.2) is 5.82 Å². The molecule has 1 amide bonds. The fourth-order valence-electron chi connectivity index (χ4n) is 3.60. The van der Waals surface area contributed by atoms with Crippen molar-refractivity contribution in [2.45, 2.75) is 17.7 Å². The molecule has 0 saturated carbocycles. The summed E-state index contributed by atoms with van der Waals surface area (Å²) in [7, 11) is -4.21. The van der Waals surface area contributed by atoms with Crippen molar-refractivity contribution in [2.24, 2.45) is 5.92 Å². The summed E-state index contributed by atoms with van der Waals surface area (Å²) in [5, 5.41) is 12.3. The summed E-state index contributed by atoms with van der Waals surface area (Å²) in [5.74, 6) is -2.17. The summed E-state index contributed by atoms with van der Waals surface area (Å²) in [6.45, 7) is 0.00657. The van der Waals surface area contributed by atoms with Crippen LogP contribution in [0.25, 0.3) is 11.4 Å². The Morgan fingerprint density at radius 1 is 1.06 bits per heavy atom. The van der Waals surface area contributed by atoms with Crippen molar-refractivity contribution in [3.8, 4) is 17.1 Å². The average Bonchev–Trinajstić information content (AvgIpc) is 2.81. The molecule has 0 radical (unpaired) electrons. The molecule has 2 N–H and O–H groups in total. The Balaban J connectivity index is 1.37. The van der Waals surface area contributed by atoms with Gasteiger partial charge in [-0.1, -0.05) is 12.1 Å². The van der Waals surface area contributed by atoms with Crippen molar-refractivity contribution in [3.63, 3.8) is 0 Å². The number of halogens is 2. The number of phenols is 1. The number of aromatic hydroxyl groups is 1. The number of nitrogens with one attached hydrogen (secondary N) is 1. The van der Waals surface area contributed by atoms with E-state index in [0.29, 0.717) is 23.1 Å². The maximum atomic E-state index is 14.0. The molecule has 8 nitrogen and oxygen atoms in total. The Hall–Kier alpha value is -3.44. The normalized spacial score (nSPS) is 15.3. The highest BCUT2D eigenvalue weighted by molar-refractivity contribution is 7.89. The third-order valence-electron chi connectivity index (χ3n) is 5.36. The van der Waals surface area contributed by atoms with Gasteiger partial charge in [-0.25, -0.2) is 27.2 Å². The van der Waals surface area contributed by atoms with Gasteiger partial charge in [-0.15, -0.1) is 0 Å². The molecule has 0 spiro atoms. The number of anilines is 1. The molecule has 0 aliphatic carbocycles. The van der Waals surface area contributed by atoms with Crippen molar-refractivity contribution >= 4 is 21.6 Å². The van der Waals surface area contributed by atoms with Gasteiger partial charge in [-0.05, 0) is 43.2 Å². The zero-order chi connectivity index (χ0) is 23.6. The molecular weight excluding hydrogens is 454 g/mol. The summed E-state index contributed by atoms with van der Waals surface area (Å²) in [4.78, 5) is 20.3. The summed E-state index contributed by atoms with van der Waals surface area (Å²) in [6, 6.07) is 8.74. The van der Waals surface area contributed by atoms with Gasteiger partial charge in [0.05, 0.1) is 18.1 Å². The molecule has 1 fully saturated rings. The van der Waals surface area contributed by atoms with E-state index < -0.39 is 32.5 Å². The fraction of sp³-hybridized carbons (Fsp3) is 0.227. The Morgan fingerprint density at radius 3 is 2.42 bits per heavy atom. The highest BCUT2D eigenvalue weighted by Gasteiger charge is 2.33. The number of benzene rings is 2. The number of piperidine rings is 1. The van der Waals surface area contributed by atoms with E-state index in [-0.39, 0.29) is 37.6 Å². The third-order valence-corrected chi connectivity index (χ3v) is 7.27. The molecule has 1 aliphatic rings. The minimum absolute atomic E-state index is 0.00329. The maximum Gasteiger partial charge on any atom is 0.246 e. The van der Waals surface area contributed by atoms with Gasteiger partial charge >= 0.3 is 0 Å². The molecule has 11 heteroatoms. The monoisotopic (exact) mass is 474 g/mol. The molecule has 33 heavy (non-hydrogen) atoms. The van der Waals surface area contributed by atoms with Crippen molar-refractivity contribution in [3.05, 3.63) is 66.5 Å². The molecule has 1 aliphatic heterocycles. The van der Waals surface area contributed by atoms with Crippen LogP contribution in [0, 0.1) is 17.6 Å². The van der Waals surface area contributed by atoms with Crippen LogP contribution in [0.5, 0.6) is 5.75 Å². The number of sulfonamides is 1. The lowest BCUT2D eigenvalue weighted by Crippen LogP contribution is -2.41. The van der Waals surface area contributed by atoms with E-state index in [0.717, 1.165) is 16.4 Å². The molecule has 0 unspecified atom stereocenters. The van der Waals surface area contributed by atoms with Crippen LogP contribution in [0.15, 0.2) is 59.8 Å². The predicted molar refractivity (Wildman–Crippen MR) is 116 cm³/mol. The van der Waals surface area contributed by atoms with Crippen LogP contribution in [0.2, 0.25) is 0 Å². The lowest BCUT2D eigenvalue weighted by Gasteiger charge is -2.30. The van der Waals surface area contributed by atoms with E-state index in [4.69, 9.17) is 0 Å². The van der Waals surface area contributed by atoms with Gasteiger partial charge in [0, 0.05) is 24.6 Å². The first kappa shape index (κ1) is 22.7. The number of phenolic OH excluding ortho intramolecular Hbond substituents is 1. The van der Waals surface area contributed by atoms with Crippen molar-refractivity contribution in [1.29, 1.82) is 0 Å². The fourth-order valence-corrected chi connectivity index (χ4v) is 5.15. The Kier molecular flexibility index (Phi) is 6.34. The van der Waals surface area contributed by atoms with Crippen LogP contribution in [-0.4, -0.2) is 46.8 Å². The molecular formula is C22H20F2N4O4S. The standard InChI is InChI=1S/C22H20F2N4O4S/c23-16-4-5-19(24)20(11-16)33(31,32)28-8-6-14(7-9-28)22(30)27-17-12-25-21(26-13-17)15-2-1-3-18(29)10-15/h1-5,10-14,29H,6-9H2,(H,27,30). The third kappa shape index (κ3) is 4.99. The zero-order valence-electron chi connectivity index (χ0n) is 17.3. The topological polar surface area (TPSA) is 112 Å². The number of aromatic nitrogens is 2. The largest absolute Gasteiger partial charge is 0.508 e. The first-order valence-electron chi connectivity index (χ1n) is 10.1. The molecule has 1 saturated heterocycles. The first-order chi connectivity index (χ1) is 15.7. The van der Waals surface area contributed by atoms with Gasteiger partial charge in [0.2, 0.25) is 15.9 Å². The molecule has 1 aromatic heterocycles. The lowest BCUT2D eigenvalue weighted by atomic mass is 9.97. The van der Waals surface area contributed by atoms with Crippen molar-refractivity contribution in [1.82, 2.24) is 14.3 Å². The molecule has 4 rings (SSSR count). The smallest absolute Gasteiger partial charge is 0.246 e. The molecule has 3 aromatic rings. The van der Waals surface area contributed by atoms with Crippen molar-refractivity contribution < 1.29 is 27.1 Å². The van der Waals surface area contributed by atoms with Gasteiger partial charge in [-0.3, -0.25) is 4.79 Å². The molecule has 2 heterocycles. The second kappa shape index (κ2) is 9.20. The molecule has 172 valence electrons. The predicted octanol–water partition coefficient (Wildman–Crippen LogP) is 3.17. The van der Waals surface area contributed by atoms with Crippen LogP contribution >= 0.6 is 0 Å². The summed E-state index contributed by atoms with van der Waals surface area (Å²) in [5.41, 5.74) is 0.997. The number of carbonyl (C=O) groups is 1. The first-order valence-corrected chi connectivity index (χ1v) is 11.6. The second-order valence-corrected chi connectivity index (χ2v) is 9.49. The highest BCUT2D eigenvalue weighted by Crippen LogP contribution is 2.27. The molecule has 0 bridgehead atoms. The van der Waals surface area contributed by atoms with E-state index in [1.54, 1.807) is 12.1 Å². The zero-order valence-corrected chi connectivity index (χ0v) is 18.1. The minimum Gasteiger partial charge on any atom is -0.508 e. The molecule has 0 atom stereocenters. The number of nitrogens with zero attached hydrogens (tertiary/aromatic N) is 3. The summed E-state index contributed by atoms with van der Waals surface area (Å²) >= 11 is 0. The Bertz CT molecular complexity index is 1280. The number of amides is 1. The maximum absolute atomic E-state index is 14.0. The van der Waals surface area contributed by atoms with E-state index in [1.807, 2.05) is 0 Å². The van der Waals surface area contributed by atoms with Crippen LogP contribution in [0.4, 0.5) is 14.5 Å². The number of rotatable bonds is 5. The van der Waals surface area contributed by atoms with Crippen molar-refractivity contribution in [2.75, 3.05) is 18.4 Å². The average molecular weight is 474 g/mol. The second-order valence-electron chi connectivity index (χ2n) is 7.59. The number of hydrogen-bond donors (Lipinski definition) is 2. The van der Waals surface area contributed by atoms with Gasteiger partial charge in [-0.2, -0.15) is 4.31 Å². The van der Waals surface area contributed by atoms with E-state index in [1.165, 1.54) is 24.5 Å². The van der Waals surface area contributed by atoms with E-state index in [2.05, 4.69) is 15.3 Å². The van der Waals surface area contributed by atoms with Crippen LogP contribution in [-0.2, 0) is 14.8 Å².